The summed E-state index contributed by atoms with van der Waals surface area (Å²) in [6.45, 7) is 2.49. The number of aromatic nitrogens is 2. The van der Waals surface area contributed by atoms with Crippen LogP contribution in [0.25, 0.3) is 0 Å². The van der Waals surface area contributed by atoms with Crippen molar-refractivity contribution in [3.05, 3.63) is 24.0 Å². The molecule has 0 radical (unpaired) electrons. The topological polar surface area (TPSA) is 54.9 Å². The summed E-state index contributed by atoms with van der Waals surface area (Å²) in [5.74, 6) is -0.109. The molecule has 0 aliphatic rings. The number of hydrogen-bond donors (Lipinski definition) is 1. The maximum Gasteiger partial charge on any atom is 0.252 e. The van der Waals surface area contributed by atoms with Crippen LogP contribution < -0.4 is 5.32 Å². The number of carbonyl (C=O) groups is 1. The normalized spacial score (nSPS) is 9.18. The molecule has 4 heteroatoms. The van der Waals surface area contributed by atoms with Crippen molar-refractivity contribution < 1.29 is 4.79 Å². The number of rotatable bonds is 2. The zero-order valence-electron chi connectivity index (χ0n) is 6.24. The third-order valence-corrected chi connectivity index (χ3v) is 1.18. The Morgan fingerprint density at radius 3 is 3.00 bits per heavy atom. The first-order chi connectivity index (χ1) is 5.34. The van der Waals surface area contributed by atoms with Crippen molar-refractivity contribution in [1.29, 1.82) is 0 Å². The number of nitrogens with one attached hydrogen (secondary N) is 1. The van der Waals surface area contributed by atoms with Crippen molar-refractivity contribution in [2.45, 2.75) is 6.92 Å². The number of amides is 1. The van der Waals surface area contributed by atoms with Crippen molar-refractivity contribution in [2.24, 2.45) is 0 Å². The zero-order valence-corrected chi connectivity index (χ0v) is 6.24. The average molecular weight is 151 g/mol. The Morgan fingerprint density at radius 2 is 2.45 bits per heavy atom. The average Bonchev–Trinajstić information content (AvgIpc) is 2.07. The molecule has 0 aliphatic carbocycles. The fraction of sp³-hybridized carbons (Fsp3) is 0.286. The summed E-state index contributed by atoms with van der Waals surface area (Å²) in [5, 5.41) is 9.79. The molecular weight excluding hydrogens is 142 g/mol. The Morgan fingerprint density at radius 1 is 1.64 bits per heavy atom. The predicted octanol–water partition coefficient (Wildman–Crippen LogP) is 0.226. The molecule has 1 rings (SSSR count). The van der Waals surface area contributed by atoms with Gasteiger partial charge in [0.25, 0.3) is 5.91 Å². The zero-order chi connectivity index (χ0) is 8.10. The Balaban J connectivity index is 2.69. The van der Waals surface area contributed by atoms with Crippen molar-refractivity contribution in [1.82, 2.24) is 15.5 Å². The second-order valence-electron chi connectivity index (χ2n) is 1.99. The molecule has 0 unspecified atom stereocenters. The van der Waals surface area contributed by atoms with E-state index in [2.05, 4.69) is 15.5 Å². The highest BCUT2D eigenvalue weighted by atomic mass is 16.1. The van der Waals surface area contributed by atoms with Gasteiger partial charge in [0, 0.05) is 6.54 Å². The summed E-state index contributed by atoms with van der Waals surface area (Å²) >= 11 is 0. The molecule has 1 N–H and O–H groups in total. The molecule has 0 saturated carbocycles. The van der Waals surface area contributed by atoms with Crippen molar-refractivity contribution in [3.63, 3.8) is 0 Å². The second kappa shape index (κ2) is 3.65. The molecular formula is C7H9N3O. The van der Waals surface area contributed by atoms with Crippen LogP contribution in [0.5, 0.6) is 0 Å². The Kier molecular flexibility index (Phi) is 2.54. The second-order valence-corrected chi connectivity index (χ2v) is 1.99. The lowest BCUT2D eigenvalue weighted by Gasteiger charge is -1.98. The molecule has 0 atom stereocenters. The standard InChI is InChI=1S/C7H9N3O/c1-2-8-7(11)6-3-4-9-10-5-6/h3-5H,2H2,1H3,(H,8,11). The summed E-state index contributed by atoms with van der Waals surface area (Å²) in [7, 11) is 0. The summed E-state index contributed by atoms with van der Waals surface area (Å²) in [6.07, 6.45) is 2.93. The third kappa shape index (κ3) is 2.00. The van der Waals surface area contributed by atoms with Crippen LogP contribution in [0.15, 0.2) is 18.5 Å². The highest BCUT2D eigenvalue weighted by Crippen LogP contribution is 1.91. The van der Waals surface area contributed by atoms with Gasteiger partial charge in [-0.25, -0.2) is 0 Å². The van der Waals surface area contributed by atoms with Gasteiger partial charge in [0.1, 0.15) is 0 Å². The van der Waals surface area contributed by atoms with E-state index in [9.17, 15) is 4.79 Å². The molecule has 0 saturated heterocycles. The fourth-order valence-corrected chi connectivity index (χ4v) is 0.688. The van der Waals surface area contributed by atoms with E-state index in [0.717, 1.165) is 0 Å². The molecule has 0 fully saturated rings. The molecule has 11 heavy (non-hydrogen) atoms. The number of carbonyl (C=O) groups excluding carboxylic acids is 1. The smallest absolute Gasteiger partial charge is 0.252 e. The quantitative estimate of drug-likeness (QED) is 0.658. The molecule has 0 aromatic carbocycles. The maximum atomic E-state index is 11.1. The van der Waals surface area contributed by atoms with E-state index in [1.54, 1.807) is 6.07 Å². The third-order valence-electron chi connectivity index (χ3n) is 1.18. The van der Waals surface area contributed by atoms with Crippen LogP contribution in [0.4, 0.5) is 0 Å². The first-order valence-electron chi connectivity index (χ1n) is 3.39. The summed E-state index contributed by atoms with van der Waals surface area (Å²) in [4.78, 5) is 11.1. The van der Waals surface area contributed by atoms with E-state index < -0.39 is 0 Å². The van der Waals surface area contributed by atoms with Gasteiger partial charge in [-0.1, -0.05) is 0 Å². The Labute approximate surface area is 64.6 Å². The first kappa shape index (κ1) is 7.65. The molecule has 0 bridgehead atoms. The Bertz CT molecular complexity index is 235. The van der Waals surface area contributed by atoms with Crippen molar-refractivity contribution in [2.75, 3.05) is 6.54 Å². The van der Waals surface area contributed by atoms with Crippen LogP contribution in [0.3, 0.4) is 0 Å². The minimum absolute atomic E-state index is 0.109. The van der Waals surface area contributed by atoms with Crippen LogP contribution in [-0.2, 0) is 0 Å². The van der Waals surface area contributed by atoms with Gasteiger partial charge in [-0.05, 0) is 13.0 Å². The van der Waals surface area contributed by atoms with Crippen LogP contribution in [0.1, 0.15) is 17.3 Å². The minimum atomic E-state index is -0.109. The van der Waals surface area contributed by atoms with Gasteiger partial charge in [0.15, 0.2) is 0 Å². The van der Waals surface area contributed by atoms with Crippen LogP contribution in [0, 0.1) is 0 Å². The molecule has 4 nitrogen and oxygen atoms in total. The van der Waals surface area contributed by atoms with Gasteiger partial charge in [-0.15, -0.1) is 0 Å². The lowest BCUT2D eigenvalue weighted by molar-refractivity contribution is 0.0955. The summed E-state index contributed by atoms with van der Waals surface area (Å²) < 4.78 is 0. The van der Waals surface area contributed by atoms with Crippen molar-refractivity contribution >= 4 is 5.91 Å². The van der Waals surface area contributed by atoms with Gasteiger partial charge in [0.05, 0.1) is 18.0 Å². The van der Waals surface area contributed by atoms with Gasteiger partial charge in [-0.2, -0.15) is 10.2 Å². The Hall–Kier alpha value is -1.45. The van der Waals surface area contributed by atoms with Gasteiger partial charge < -0.3 is 5.32 Å². The van der Waals surface area contributed by atoms with E-state index in [-0.39, 0.29) is 5.91 Å². The first-order valence-corrected chi connectivity index (χ1v) is 3.39. The fourth-order valence-electron chi connectivity index (χ4n) is 0.688. The highest BCUT2D eigenvalue weighted by Gasteiger charge is 2.01. The maximum absolute atomic E-state index is 11.1. The van der Waals surface area contributed by atoms with E-state index in [4.69, 9.17) is 0 Å². The van der Waals surface area contributed by atoms with Crippen LogP contribution in [-0.4, -0.2) is 22.6 Å². The van der Waals surface area contributed by atoms with Crippen LogP contribution in [0.2, 0.25) is 0 Å². The van der Waals surface area contributed by atoms with Gasteiger partial charge >= 0.3 is 0 Å². The lowest BCUT2D eigenvalue weighted by atomic mass is 10.3. The molecule has 0 spiro atoms. The highest BCUT2D eigenvalue weighted by molar-refractivity contribution is 5.93. The monoisotopic (exact) mass is 151 g/mol. The van der Waals surface area contributed by atoms with Gasteiger partial charge in [0.2, 0.25) is 0 Å². The molecule has 1 aromatic rings. The predicted molar refractivity (Wildman–Crippen MR) is 40.0 cm³/mol. The lowest BCUT2D eigenvalue weighted by Crippen LogP contribution is -2.22. The van der Waals surface area contributed by atoms with Gasteiger partial charge in [-0.3, -0.25) is 4.79 Å². The number of nitrogens with zero attached hydrogens (tertiary/aromatic N) is 2. The van der Waals surface area contributed by atoms with Crippen molar-refractivity contribution in [3.8, 4) is 0 Å². The minimum Gasteiger partial charge on any atom is -0.352 e. The number of hydrogen-bond acceptors (Lipinski definition) is 3. The molecule has 58 valence electrons. The van der Waals surface area contributed by atoms with E-state index >= 15 is 0 Å². The molecule has 1 amide bonds. The largest absolute Gasteiger partial charge is 0.352 e. The molecule has 0 aliphatic heterocycles. The van der Waals surface area contributed by atoms with Crippen LogP contribution >= 0.6 is 0 Å². The SMILES string of the molecule is CCNC(=O)c1ccnnc1. The molecule has 1 heterocycles. The van der Waals surface area contributed by atoms with E-state index in [1.165, 1.54) is 12.4 Å². The molecule has 1 aromatic heterocycles. The van der Waals surface area contributed by atoms with E-state index in [0.29, 0.717) is 12.1 Å². The summed E-state index contributed by atoms with van der Waals surface area (Å²) in [5.41, 5.74) is 0.543. The summed E-state index contributed by atoms with van der Waals surface area (Å²) in [6, 6.07) is 1.62. The van der Waals surface area contributed by atoms with E-state index in [1.807, 2.05) is 6.92 Å².